The van der Waals surface area contributed by atoms with Crippen molar-refractivity contribution in [1.29, 1.82) is 0 Å². The molecule has 1 amide bonds. The van der Waals surface area contributed by atoms with Crippen LogP contribution in [0.15, 0.2) is 30.4 Å². The van der Waals surface area contributed by atoms with Gasteiger partial charge in [-0.1, -0.05) is 18.2 Å². The van der Waals surface area contributed by atoms with Crippen LogP contribution in [0, 0.1) is 5.92 Å². The number of methoxy groups -OCH3 is 3. The monoisotopic (exact) mass is 347 g/mol. The summed E-state index contributed by atoms with van der Waals surface area (Å²) >= 11 is 0. The largest absolute Gasteiger partial charge is 0.493 e. The van der Waals surface area contributed by atoms with E-state index in [0.717, 1.165) is 24.8 Å². The molecule has 0 bridgehead atoms. The molecule has 1 aromatic carbocycles. The van der Waals surface area contributed by atoms with Crippen LogP contribution in [0.4, 0.5) is 0 Å². The van der Waals surface area contributed by atoms with E-state index in [0.29, 0.717) is 11.5 Å². The smallest absolute Gasteiger partial charge is 0.307 e. The van der Waals surface area contributed by atoms with Gasteiger partial charge in [0.05, 0.1) is 33.8 Å². The van der Waals surface area contributed by atoms with E-state index in [4.69, 9.17) is 14.2 Å². The zero-order valence-corrected chi connectivity index (χ0v) is 14.9. The second-order valence-electron chi connectivity index (χ2n) is 5.94. The summed E-state index contributed by atoms with van der Waals surface area (Å²) in [7, 11) is 4.44. The summed E-state index contributed by atoms with van der Waals surface area (Å²) in [6, 6.07) is 4.86. The van der Waals surface area contributed by atoms with Gasteiger partial charge in [0.15, 0.2) is 11.5 Å². The Hall–Kier alpha value is -2.50. The second-order valence-corrected chi connectivity index (χ2v) is 5.94. The number of esters is 1. The number of amides is 1. The molecule has 0 aliphatic heterocycles. The van der Waals surface area contributed by atoms with Gasteiger partial charge in [-0.2, -0.15) is 0 Å². The first kappa shape index (κ1) is 18.8. The first-order valence-electron chi connectivity index (χ1n) is 8.33. The van der Waals surface area contributed by atoms with E-state index in [1.165, 1.54) is 7.11 Å². The Morgan fingerprint density at radius 3 is 2.52 bits per heavy atom. The molecule has 2 rings (SSSR count). The molecule has 136 valence electrons. The zero-order valence-electron chi connectivity index (χ0n) is 14.9. The molecule has 6 heteroatoms. The molecule has 0 saturated heterocycles. The van der Waals surface area contributed by atoms with Crippen LogP contribution in [0.2, 0.25) is 0 Å². The standard InChI is InChI=1S/C19H25NO5/c1-23-16-10-9-14(11-17(16)24-2)15(12-18(21)25-3)20-19(22)13-7-5-4-6-8-13/h4-5,9-11,13,15H,6-8,12H2,1-3H3,(H,20,22)/t13-,15+/m0/s1. The molecule has 2 atom stereocenters. The number of carbonyl (C=O) groups excluding carboxylic acids is 2. The fraction of sp³-hybridized carbons (Fsp3) is 0.474. The van der Waals surface area contributed by atoms with Gasteiger partial charge in [0.2, 0.25) is 5.91 Å². The first-order chi connectivity index (χ1) is 12.1. The fourth-order valence-corrected chi connectivity index (χ4v) is 2.89. The van der Waals surface area contributed by atoms with Crippen LogP contribution in [0.25, 0.3) is 0 Å². The van der Waals surface area contributed by atoms with Crippen molar-refractivity contribution in [2.75, 3.05) is 21.3 Å². The van der Waals surface area contributed by atoms with E-state index in [9.17, 15) is 9.59 Å². The minimum Gasteiger partial charge on any atom is -0.493 e. The van der Waals surface area contributed by atoms with Crippen molar-refractivity contribution in [1.82, 2.24) is 5.32 Å². The molecule has 0 unspecified atom stereocenters. The summed E-state index contributed by atoms with van der Waals surface area (Å²) in [6.07, 6.45) is 6.61. The highest BCUT2D eigenvalue weighted by Gasteiger charge is 2.25. The quantitative estimate of drug-likeness (QED) is 0.606. The van der Waals surface area contributed by atoms with Gasteiger partial charge >= 0.3 is 5.97 Å². The molecule has 0 radical (unpaired) electrons. The average Bonchev–Trinajstić information content (AvgIpc) is 2.67. The molecule has 0 aromatic heterocycles. The van der Waals surface area contributed by atoms with Crippen molar-refractivity contribution in [3.63, 3.8) is 0 Å². The number of hydrogen-bond donors (Lipinski definition) is 1. The molecule has 1 N–H and O–H groups in total. The van der Waals surface area contributed by atoms with E-state index in [-0.39, 0.29) is 24.2 Å². The molecule has 0 spiro atoms. The summed E-state index contributed by atoms with van der Waals surface area (Å²) in [4.78, 5) is 24.4. The van der Waals surface area contributed by atoms with Gasteiger partial charge in [0, 0.05) is 5.92 Å². The third-order valence-electron chi connectivity index (χ3n) is 4.36. The molecule has 0 fully saturated rings. The van der Waals surface area contributed by atoms with E-state index in [1.807, 2.05) is 12.1 Å². The third-order valence-corrected chi connectivity index (χ3v) is 4.36. The summed E-state index contributed by atoms with van der Waals surface area (Å²) in [6.45, 7) is 0. The molecule has 6 nitrogen and oxygen atoms in total. The van der Waals surface area contributed by atoms with E-state index in [1.54, 1.807) is 26.4 Å². The molecule has 0 heterocycles. The zero-order chi connectivity index (χ0) is 18.2. The summed E-state index contributed by atoms with van der Waals surface area (Å²) in [5, 5.41) is 2.99. The Bertz CT molecular complexity index is 641. The van der Waals surface area contributed by atoms with Crippen molar-refractivity contribution in [3.8, 4) is 11.5 Å². The highest BCUT2D eigenvalue weighted by Crippen LogP contribution is 2.31. The number of allylic oxidation sites excluding steroid dienone is 2. The molecule has 25 heavy (non-hydrogen) atoms. The normalized spacial score (nSPS) is 17.5. The van der Waals surface area contributed by atoms with Gasteiger partial charge in [-0.3, -0.25) is 9.59 Å². The SMILES string of the molecule is COC(=O)C[C@@H](NC(=O)[C@H]1CC=CCC1)c1ccc(OC)c(OC)c1. The van der Waals surface area contributed by atoms with Crippen LogP contribution in [0.5, 0.6) is 11.5 Å². The van der Waals surface area contributed by atoms with Crippen molar-refractivity contribution < 1.29 is 23.8 Å². The molecule has 1 aromatic rings. The van der Waals surface area contributed by atoms with Crippen molar-refractivity contribution in [2.45, 2.75) is 31.7 Å². The maximum Gasteiger partial charge on any atom is 0.307 e. The van der Waals surface area contributed by atoms with Crippen molar-refractivity contribution >= 4 is 11.9 Å². The summed E-state index contributed by atoms with van der Waals surface area (Å²) in [5.41, 5.74) is 0.766. The van der Waals surface area contributed by atoms with E-state index in [2.05, 4.69) is 11.4 Å². The number of carbonyl (C=O) groups is 2. The van der Waals surface area contributed by atoms with Gasteiger partial charge in [0.1, 0.15) is 0 Å². The van der Waals surface area contributed by atoms with Crippen LogP contribution in [-0.4, -0.2) is 33.2 Å². The van der Waals surface area contributed by atoms with E-state index < -0.39 is 6.04 Å². The van der Waals surface area contributed by atoms with Crippen LogP contribution in [-0.2, 0) is 14.3 Å². The topological polar surface area (TPSA) is 73.9 Å². The van der Waals surface area contributed by atoms with Gasteiger partial charge in [-0.05, 0) is 37.0 Å². The highest BCUT2D eigenvalue weighted by atomic mass is 16.5. The number of benzene rings is 1. The lowest BCUT2D eigenvalue weighted by atomic mass is 9.92. The minimum atomic E-state index is -0.481. The summed E-state index contributed by atoms with van der Waals surface area (Å²) < 4.78 is 15.3. The molecular formula is C19H25NO5. The Kier molecular flexibility index (Phi) is 6.86. The molecule has 0 saturated carbocycles. The maximum atomic E-state index is 12.6. The van der Waals surface area contributed by atoms with Crippen LogP contribution in [0.1, 0.15) is 37.3 Å². The number of ether oxygens (including phenoxy) is 3. The Labute approximate surface area is 148 Å². The third kappa shape index (κ3) is 4.98. The van der Waals surface area contributed by atoms with Crippen LogP contribution in [0.3, 0.4) is 0 Å². The van der Waals surface area contributed by atoms with Gasteiger partial charge in [-0.25, -0.2) is 0 Å². The number of rotatable bonds is 7. The highest BCUT2D eigenvalue weighted by molar-refractivity contribution is 5.80. The molecule has 1 aliphatic rings. The lowest BCUT2D eigenvalue weighted by Gasteiger charge is -2.23. The van der Waals surface area contributed by atoms with Gasteiger partial charge < -0.3 is 19.5 Å². The maximum absolute atomic E-state index is 12.6. The predicted molar refractivity (Wildman–Crippen MR) is 93.5 cm³/mol. The minimum absolute atomic E-state index is 0.0481. The fourth-order valence-electron chi connectivity index (χ4n) is 2.89. The second kappa shape index (κ2) is 9.11. The average molecular weight is 347 g/mol. The van der Waals surface area contributed by atoms with Crippen molar-refractivity contribution in [3.05, 3.63) is 35.9 Å². The van der Waals surface area contributed by atoms with Crippen LogP contribution >= 0.6 is 0 Å². The Balaban J connectivity index is 2.21. The lowest BCUT2D eigenvalue weighted by Crippen LogP contribution is -2.35. The molecule has 1 aliphatic carbocycles. The van der Waals surface area contributed by atoms with Gasteiger partial charge in [-0.15, -0.1) is 0 Å². The Morgan fingerprint density at radius 1 is 1.16 bits per heavy atom. The Morgan fingerprint density at radius 2 is 1.92 bits per heavy atom. The predicted octanol–water partition coefficient (Wildman–Crippen LogP) is 2.78. The van der Waals surface area contributed by atoms with E-state index >= 15 is 0 Å². The van der Waals surface area contributed by atoms with Crippen LogP contribution < -0.4 is 14.8 Å². The molecular weight excluding hydrogens is 322 g/mol. The summed E-state index contributed by atoms with van der Waals surface area (Å²) in [5.74, 6) is 0.637. The van der Waals surface area contributed by atoms with Gasteiger partial charge in [0.25, 0.3) is 0 Å². The van der Waals surface area contributed by atoms with Crippen molar-refractivity contribution in [2.24, 2.45) is 5.92 Å². The first-order valence-corrected chi connectivity index (χ1v) is 8.33. The lowest BCUT2D eigenvalue weighted by molar-refractivity contribution is -0.141. The number of hydrogen-bond acceptors (Lipinski definition) is 5. The number of nitrogens with one attached hydrogen (secondary N) is 1.